The molecule has 0 radical (unpaired) electrons. The van der Waals surface area contributed by atoms with Gasteiger partial charge in [0.05, 0.1) is 19.4 Å². The van der Waals surface area contributed by atoms with E-state index in [1.165, 1.54) is 6.07 Å². The Labute approximate surface area is 69.8 Å². The molecule has 0 saturated heterocycles. The molecule has 0 spiro atoms. The molecule has 0 atom stereocenters. The molecule has 0 aliphatic heterocycles. The van der Waals surface area contributed by atoms with Crippen molar-refractivity contribution in [3.63, 3.8) is 0 Å². The minimum absolute atomic E-state index is 0.264. The zero-order valence-electron chi connectivity index (χ0n) is 6.75. The van der Waals surface area contributed by atoms with E-state index in [4.69, 9.17) is 9.84 Å². The summed E-state index contributed by atoms with van der Waals surface area (Å²) in [7, 11) is 0. The van der Waals surface area contributed by atoms with Crippen LogP contribution in [0.4, 0.5) is 4.39 Å². The maximum Gasteiger partial charge on any atom is 0.219 e. The van der Waals surface area contributed by atoms with Crippen molar-refractivity contribution in [3.05, 3.63) is 23.6 Å². The van der Waals surface area contributed by atoms with Gasteiger partial charge >= 0.3 is 0 Å². The summed E-state index contributed by atoms with van der Waals surface area (Å²) in [4.78, 5) is 3.68. The van der Waals surface area contributed by atoms with Crippen molar-refractivity contribution in [1.82, 2.24) is 4.98 Å². The molecule has 0 aliphatic carbocycles. The smallest absolute Gasteiger partial charge is 0.219 e. The Morgan fingerprint density at radius 1 is 1.67 bits per heavy atom. The second kappa shape index (κ2) is 4.01. The second-order valence-electron chi connectivity index (χ2n) is 2.21. The number of rotatable bonds is 3. The lowest BCUT2D eigenvalue weighted by molar-refractivity contribution is 0.261. The number of aromatic nitrogens is 1. The van der Waals surface area contributed by atoms with Crippen molar-refractivity contribution in [2.24, 2.45) is 0 Å². The van der Waals surface area contributed by atoms with E-state index >= 15 is 0 Å². The molecular weight excluding hydrogens is 161 g/mol. The number of hydrogen-bond acceptors (Lipinski definition) is 3. The van der Waals surface area contributed by atoms with Gasteiger partial charge in [0.15, 0.2) is 0 Å². The number of aliphatic hydroxyl groups is 1. The van der Waals surface area contributed by atoms with Crippen molar-refractivity contribution in [2.45, 2.75) is 13.5 Å². The van der Waals surface area contributed by atoms with Crippen LogP contribution in [0.25, 0.3) is 0 Å². The van der Waals surface area contributed by atoms with Crippen LogP contribution in [0.3, 0.4) is 0 Å². The van der Waals surface area contributed by atoms with Gasteiger partial charge in [-0.2, -0.15) is 0 Å². The molecule has 1 N–H and O–H groups in total. The van der Waals surface area contributed by atoms with Gasteiger partial charge in [0.25, 0.3) is 0 Å². The van der Waals surface area contributed by atoms with E-state index in [0.717, 1.165) is 6.20 Å². The average molecular weight is 171 g/mol. The molecule has 12 heavy (non-hydrogen) atoms. The Kier molecular flexibility index (Phi) is 2.99. The largest absolute Gasteiger partial charge is 0.478 e. The van der Waals surface area contributed by atoms with E-state index in [1.807, 2.05) is 0 Å². The maximum absolute atomic E-state index is 12.5. The molecule has 1 rings (SSSR count). The van der Waals surface area contributed by atoms with Crippen molar-refractivity contribution in [2.75, 3.05) is 6.61 Å². The molecule has 0 amide bonds. The summed E-state index contributed by atoms with van der Waals surface area (Å²) in [5.41, 5.74) is 0.372. The fourth-order valence-corrected chi connectivity index (χ4v) is 0.849. The van der Waals surface area contributed by atoms with Crippen LogP contribution in [-0.2, 0) is 6.61 Å². The highest BCUT2D eigenvalue weighted by Crippen LogP contribution is 2.15. The number of nitrogens with zero attached hydrogens (tertiary/aromatic N) is 1. The highest BCUT2D eigenvalue weighted by atomic mass is 19.1. The first-order chi connectivity index (χ1) is 5.77. The van der Waals surface area contributed by atoms with Crippen molar-refractivity contribution < 1.29 is 14.2 Å². The molecule has 0 bridgehead atoms. The first-order valence-electron chi connectivity index (χ1n) is 3.66. The Bertz CT molecular complexity index is 265. The lowest BCUT2D eigenvalue weighted by atomic mass is 10.3. The molecule has 0 fully saturated rings. The molecule has 0 aromatic carbocycles. The van der Waals surface area contributed by atoms with Crippen LogP contribution in [0.1, 0.15) is 12.5 Å². The number of ether oxygens (including phenoxy) is 1. The predicted molar refractivity (Wildman–Crippen MR) is 41.3 cm³/mol. The predicted octanol–water partition coefficient (Wildman–Crippen LogP) is 1.11. The molecule has 0 aliphatic rings. The summed E-state index contributed by atoms with van der Waals surface area (Å²) >= 11 is 0. The number of halogens is 1. The number of pyridine rings is 1. The van der Waals surface area contributed by atoms with Crippen LogP contribution < -0.4 is 4.74 Å². The van der Waals surface area contributed by atoms with Crippen LogP contribution in [0.5, 0.6) is 5.88 Å². The van der Waals surface area contributed by atoms with Gasteiger partial charge in [-0.1, -0.05) is 0 Å². The van der Waals surface area contributed by atoms with Gasteiger partial charge < -0.3 is 9.84 Å². The molecule has 1 aromatic heterocycles. The van der Waals surface area contributed by atoms with Gasteiger partial charge in [-0.25, -0.2) is 9.37 Å². The van der Waals surface area contributed by atoms with Crippen LogP contribution in [-0.4, -0.2) is 16.7 Å². The highest BCUT2D eigenvalue weighted by molar-refractivity contribution is 5.25. The summed E-state index contributed by atoms with van der Waals surface area (Å²) in [6, 6.07) is 1.21. The normalized spacial score (nSPS) is 9.92. The van der Waals surface area contributed by atoms with Gasteiger partial charge in [0, 0.05) is 5.56 Å². The Morgan fingerprint density at radius 2 is 2.42 bits per heavy atom. The van der Waals surface area contributed by atoms with E-state index in [2.05, 4.69) is 4.98 Å². The maximum atomic E-state index is 12.5. The quantitative estimate of drug-likeness (QED) is 0.740. The molecule has 1 heterocycles. The summed E-state index contributed by atoms with van der Waals surface area (Å²) in [6.07, 6.45) is 1.06. The third-order valence-corrected chi connectivity index (χ3v) is 1.34. The minimum Gasteiger partial charge on any atom is -0.478 e. The fourth-order valence-electron chi connectivity index (χ4n) is 0.849. The number of aliphatic hydroxyl groups excluding tert-OH is 1. The fraction of sp³-hybridized carbons (Fsp3) is 0.375. The van der Waals surface area contributed by atoms with Gasteiger partial charge in [0.1, 0.15) is 5.82 Å². The summed E-state index contributed by atoms with van der Waals surface area (Å²) in [6.45, 7) is 1.98. The minimum atomic E-state index is -0.470. The Morgan fingerprint density at radius 3 is 3.00 bits per heavy atom. The zero-order chi connectivity index (χ0) is 8.97. The van der Waals surface area contributed by atoms with Crippen LogP contribution in [0, 0.1) is 5.82 Å². The van der Waals surface area contributed by atoms with Crippen molar-refractivity contribution in [1.29, 1.82) is 0 Å². The second-order valence-corrected chi connectivity index (χ2v) is 2.21. The molecule has 0 saturated carbocycles. The van der Waals surface area contributed by atoms with E-state index in [-0.39, 0.29) is 6.61 Å². The van der Waals surface area contributed by atoms with Gasteiger partial charge in [-0.3, -0.25) is 0 Å². The lowest BCUT2D eigenvalue weighted by Gasteiger charge is -2.05. The molecule has 1 aromatic rings. The van der Waals surface area contributed by atoms with Crippen LogP contribution in [0.15, 0.2) is 12.3 Å². The van der Waals surface area contributed by atoms with E-state index in [0.29, 0.717) is 18.1 Å². The Balaban J connectivity index is 2.94. The first-order valence-corrected chi connectivity index (χ1v) is 3.66. The Hall–Kier alpha value is -1.16. The van der Waals surface area contributed by atoms with Gasteiger partial charge in [-0.05, 0) is 13.0 Å². The first kappa shape index (κ1) is 8.93. The van der Waals surface area contributed by atoms with E-state index < -0.39 is 5.82 Å². The van der Waals surface area contributed by atoms with Crippen LogP contribution in [0.2, 0.25) is 0 Å². The zero-order valence-corrected chi connectivity index (χ0v) is 6.75. The third kappa shape index (κ3) is 1.92. The van der Waals surface area contributed by atoms with Crippen LogP contribution >= 0.6 is 0 Å². The highest BCUT2D eigenvalue weighted by Gasteiger charge is 2.04. The molecule has 4 heteroatoms. The molecule has 0 unspecified atom stereocenters. The van der Waals surface area contributed by atoms with E-state index in [9.17, 15) is 4.39 Å². The number of hydrogen-bond donors (Lipinski definition) is 1. The van der Waals surface area contributed by atoms with Crippen molar-refractivity contribution in [3.8, 4) is 5.88 Å². The summed E-state index contributed by atoms with van der Waals surface area (Å²) in [5.74, 6) is -0.177. The SMILES string of the molecule is CCOc1ncc(F)cc1CO. The van der Waals surface area contributed by atoms with Crippen molar-refractivity contribution >= 4 is 0 Å². The standard InChI is InChI=1S/C8H10FNO2/c1-2-12-8-6(5-11)3-7(9)4-10-8/h3-4,11H,2,5H2,1H3. The summed E-state index contributed by atoms with van der Waals surface area (Å²) in [5, 5.41) is 8.78. The van der Waals surface area contributed by atoms with Gasteiger partial charge in [-0.15, -0.1) is 0 Å². The lowest BCUT2D eigenvalue weighted by Crippen LogP contribution is -1.99. The summed E-state index contributed by atoms with van der Waals surface area (Å²) < 4.78 is 17.6. The molecule has 3 nitrogen and oxygen atoms in total. The third-order valence-electron chi connectivity index (χ3n) is 1.34. The van der Waals surface area contributed by atoms with Gasteiger partial charge in [0.2, 0.25) is 5.88 Å². The monoisotopic (exact) mass is 171 g/mol. The van der Waals surface area contributed by atoms with E-state index in [1.54, 1.807) is 6.92 Å². The molecular formula is C8H10FNO2. The average Bonchev–Trinajstić information content (AvgIpc) is 2.08. The molecule has 66 valence electrons. The topological polar surface area (TPSA) is 42.4 Å².